The Hall–Kier alpha value is -2.92. The summed E-state index contributed by atoms with van der Waals surface area (Å²) in [6.45, 7) is 4.69. The average molecular weight is 440 g/mol. The molecule has 2 amide bonds. The first-order chi connectivity index (χ1) is 14.7. The lowest BCUT2D eigenvalue weighted by atomic mass is 10.1. The molecule has 1 N–H and O–H groups in total. The second-order valence-corrected chi connectivity index (χ2v) is 7.13. The molecule has 0 aliphatic carbocycles. The third-order valence-corrected chi connectivity index (χ3v) is 4.77. The van der Waals surface area contributed by atoms with E-state index < -0.39 is 23.6 Å². The topological polar surface area (TPSA) is 87.9 Å². The van der Waals surface area contributed by atoms with Gasteiger partial charge in [0.1, 0.15) is 12.3 Å². The van der Waals surface area contributed by atoms with E-state index in [0.717, 1.165) is 24.3 Å². The van der Waals surface area contributed by atoms with Crippen LogP contribution in [-0.4, -0.2) is 72.7 Å². The number of alkyl halides is 3. The number of halogens is 3. The minimum absolute atomic E-state index is 0.0695. The van der Waals surface area contributed by atoms with Gasteiger partial charge in [-0.2, -0.15) is 13.2 Å². The van der Waals surface area contributed by atoms with E-state index in [9.17, 15) is 22.8 Å². The summed E-state index contributed by atoms with van der Waals surface area (Å²) in [7, 11) is 0. The summed E-state index contributed by atoms with van der Waals surface area (Å²) in [6, 6.07) is 5.47. The SMILES string of the molecule is Cc1cc(NC(=O)CN(CCN2CCOCC2)C(=O)c2ccc(C(F)(F)F)cc2)no1. The summed E-state index contributed by atoms with van der Waals surface area (Å²) in [5.74, 6) is -0.290. The van der Waals surface area contributed by atoms with Crippen molar-refractivity contribution in [3.63, 3.8) is 0 Å². The molecule has 0 radical (unpaired) electrons. The Balaban J connectivity index is 1.70. The molecule has 1 aromatic carbocycles. The van der Waals surface area contributed by atoms with Crippen molar-refractivity contribution < 1.29 is 32.0 Å². The van der Waals surface area contributed by atoms with Gasteiger partial charge in [0.2, 0.25) is 5.91 Å². The fraction of sp³-hybridized carbons (Fsp3) is 0.450. The third-order valence-electron chi connectivity index (χ3n) is 4.77. The molecule has 0 unspecified atom stereocenters. The lowest BCUT2D eigenvalue weighted by Gasteiger charge is -2.30. The lowest BCUT2D eigenvalue weighted by Crippen LogP contribution is -2.45. The number of anilines is 1. The second-order valence-electron chi connectivity index (χ2n) is 7.13. The highest BCUT2D eigenvalue weighted by atomic mass is 19.4. The van der Waals surface area contributed by atoms with Gasteiger partial charge in [0.15, 0.2) is 5.82 Å². The van der Waals surface area contributed by atoms with E-state index in [0.29, 0.717) is 38.6 Å². The molecule has 1 aliphatic heterocycles. The van der Waals surface area contributed by atoms with Crippen LogP contribution >= 0.6 is 0 Å². The molecule has 1 aromatic heterocycles. The van der Waals surface area contributed by atoms with Crippen LogP contribution in [0.15, 0.2) is 34.9 Å². The highest BCUT2D eigenvalue weighted by Crippen LogP contribution is 2.29. The number of hydrogen-bond donors (Lipinski definition) is 1. The standard InChI is InChI=1S/C20H23F3N4O4/c1-14-12-17(25-31-14)24-18(28)13-27(7-6-26-8-10-30-11-9-26)19(29)15-2-4-16(5-3-15)20(21,22)23/h2-5,12H,6-11,13H2,1H3,(H,24,25,28). The normalized spacial score (nSPS) is 15.0. The van der Waals surface area contributed by atoms with E-state index in [2.05, 4.69) is 15.4 Å². The quantitative estimate of drug-likeness (QED) is 0.712. The number of amides is 2. The van der Waals surface area contributed by atoms with Gasteiger partial charge in [0, 0.05) is 37.8 Å². The van der Waals surface area contributed by atoms with Crippen molar-refractivity contribution in [1.29, 1.82) is 0 Å². The van der Waals surface area contributed by atoms with E-state index in [1.54, 1.807) is 6.92 Å². The number of nitrogens with one attached hydrogen (secondary N) is 1. The molecule has 0 atom stereocenters. The lowest BCUT2D eigenvalue weighted by molar-refractivity contribution is -0.137. The summed E-state index contributed by atoms with van der Waals surface area (Å²) in [4.78, 5) is 28.8. The number of aromatic nitrogens is 1. The second kappa shape index (κ2) is 9.92. The van der Waals surface area contributed by atoms with Crippen molar-refractivity contribution in [3.8, 4) is 0 Å². The van der Waals surface area contributed by atoms with E-state index >= 15 is 0 Å². The molecule has 168 valence electrons. The molecular formula is C20H23F3N4O4. The average Bonchev–Trinajstić information content (AvgIpc) is 3.15. The smallest absolute Gasteiger partial charge is 0.379 e. The van der Waals surface area contributed by atoms with Crippen molar-refractivity contribution in [1.82, 2.24) is 15.0 Å². The van der Waals surface area contributed by atoms with Crippen LogP contribution in [0.25, 0.3) is 0 Å². The van der Waals surface area contributed by atoms with Crippen LogP contribution in [0.2, 0.25) is 0 Å². The Labute approximate surface area is 176 Å². The minimum atomic E-state index is -4.49. The summed E-state index contributed by atoms with van der Waals surface area (Å²) in [6.07, 6.45) is -4.49. The molecule has 31 heavy (non-hydrogen) atoms. The molecule has 2 heterocycles. The van der Waals surface area contributed by atoms with Crippen LogP contribution in [0.5, 0.6) is 0 Å². The van der Waals surface area contributed by atoms with E-state index in [1.807, 2.05) is 0 Å². The number of hydrogen-bond acceptors (Lipinski definition) is 6. The molecule has 1 fully saturated rings. The fourth-order valence-electron chi connectivity index (χ4n) is 3.10. The van der Waals surface area contributed by atoms with Gasteiger partial charge in [-0.1, -0.05) is 5.16 Å². The third kappa shape index (κ3) is 6.53. The summed E-state index contributed by atoms with van der Waals surface area (Å²) in [5, 5.41) is 6.23. The molecule has 8 nitrogen and oxygen atoms in total. The first-order valence-corrected chi connectivity index (χ1v) is 9.72. The Morgan fingerprint density at radius 3 is 2.45 bits per heavy atom. The summed E-state index contributed by atoms with van der Waals surface area (Å²) < 4.78 is 48.6. The first kappa shape index (κ1) is 22.8. The Bertz CT molecular complexity index is 893. The van der Waals surface area contributed by atoms with E-state index in [4.69, 9.17) is 9.26 Å². The van der Waals surface area contributed by atoms with E-state index in [1.165, 1.54) is 11.0 Å². The van der Waals surface area contributed by atoms with Crippen molar-refractivity contribution in [2.24, 2.45) is 0 Å². The van der Waals surface area contributed by atoms with Crippen molar-refractivity contribution in [2.75, 3.05) is 51.3 Å². The van der Waals surface area contributed by atoms with Crippen LogP contribution in [0.3, 0.4) is 0 Å². The Morgan fingerprint density at radius 1 is 1.19 bits per heavy atom. The minimum Gasteiger partial charge on any atom is -0.379 e. The molecule has 0 saturated carbocycles. The van der Waals surface area contributed by atoms with Gasteiger partial charge in [-0.3, -0.25) is 14.5 Å². The Morgan fingerprint density at radius 2 is 1.87 bits per heavy atom. The molecule has 3 rings (SSSR count). The van der Waals surface area contributed by atoms with Crippen molar-refractivity contribution >= 4 is 17.6 Å². The van der Waals surface area contributed by atoms with Crippen LogP contribution in [0.1, 0.15) is 21.7 Å². The molecule has 1 saturated heterocycles. The zero-order valence-corrected chi connectivity index (χ0v) is 16.9. The monoisotopic (exact) mass is 440 g/mol. The summed E-state index contributed by atoms with van der Waals surface area (Å²) in [5.41, 5.74) is -0.775. The number of aryl methyl sites for hydroxylation is 1. The Kier molecular flexibility index (Phi) is 7.29. The zero-order valence-electron chi connectivity index (χ0n) is 16.9. The van der Waals surface area contributed by atoms with Gasteiger partial charge in [-0.15, -0.1) is 0 Å². The predicted octanol–water partition coefficient (Wildman–Crippen LogP) is 2.41. The van der Waals surface area contributed by atoms with Gasteiger partial charge in [0.25, 0.3) is 5.91 Å². The number of benzene rings is 1. The molecule has 0 spiro atoms. The zero-order chi connectivity index (χ0) is 22.4. The number of morpholine rings is 1. The van der Waals surface area contributed by atoms with Gasteiger partial charge in [-0.25, -0.2) is 0 Å². The van der Waals surface area contributed by atoms with Crippen LogP contribution < -0.4 is 5.32 Å². The predicted molar refractivity (Wildman–Crippen MR) is 104 cm³/mol. The number of nitrogens with zero attached hydrogens (tertiary/aromatic N) is 3. The van der Waals surface area contributed by atoms with E-state index in [-0.39, 0.29) is 24.5 Å². The first-order valence-electron chi connectivity index (χ1n) is 9.72. The highest BCUT2D eigenvalue weighted by molar-refractivity contribution is 5.99. The highest BCUT2D eigenvalue weighted by Gasteiger charge is 2.30. The molecule has 0 bridgehead atoms. The van der Waals surface area contributed by atoms with Crippen LogP contribution in [0, 0.1) is 6.92 Å². The molecule has 1 aliphatic rings. The largest absolute Gasteiger partial charge is 0.416 e. The maximum absolute atomic E-state index is 13.0. The number of carbonyl (C=O) groups is 2. The van der Waals surface area contributed by atoms with Crippen LogP contribution in [0.4, 0.5) is 19.0 Å². The fourth-order valence-corrected chi connectivity index (χ4v) is 3.10. The number of ether oxygens (including phenoxy) is 1. The maximum Gasteiger partial charge on any atom is 0.416 e. The van der Waals surface area contributed by atoms with Crippen molar-refractivity contribution in [3.05, 3.63) is 47.2 Å². The maximum atomic E-state index is 13.0. The van der Waals surface area contributed by atoms with Crippen LogP contribution in [-0.2, 0) is 15.7 Å². The number of rotatable bonds is 7. The summed E-state index contributed by atoms with van der Waals surface area (Å²) >= 11 is 0. The van der Waals surface area contributed by atoms with Gasteiger partial charge >= 0.3 is 6.18 Å². The molecular weight excluding hydrogens is 417 g/mol. The molecule has 2 aromatic rings. The van der Waals surface area contributed by atoms with Gasteiger partial charge in [0.05, 0.1) is 18.8 Å². The number of carbonyl (C=O) groups excluding carboxylic acids is 2. The van der Waals surface area contributed by atoms with Gasteiger partial charge in [-0.05, 0) is 31.2 Å². The van der Waals surface area contributed by atoms with Crippen molar-refractivity contribution in [2.45, 2.75) is 13.1 Å². The van der Waals surface area contributed by atoms with Gasteiger partial charge < -0.3 is 19.5 Å². The molecule has 11 heteroatoms.